The molecule has 0 spiro atoms. The van der Waals surface area contributed by atoms with Gasteiger partial charge in [-0.2, -0.15) is 0 Å². The Hall–Kier alpha value is -2.38. The summed E-state index contributed by atoms with van der Waals surface area (Å²) in [5.74, 6) is 0.124. The van der Waals surface area contributed by atoms with E-state index < -0.39 is 9.84 Å². The van der Waals surface area contributed by atoms with Gasteiger partial charge in [0.25, 0.3) is 0 Å². The number of hydrogen-bond acceptors (Lipinski definition) is 5. The van der Waals surface area contributed by atoms with Gasteiger partial charge in [-0.1, -0.05) is 30.3 Å². The molecule has 2 rings (SSSR count). The minimum Gasteiger partial charge on any atom is -0.497 e. The lowest BCUT2D eigenvalue weighted by Gasteiger charge is -2.17. The summed E-state index contributed by atoms with van der Waals surface area (Å²) in [7, 11) is -0.338. The number of rotatable bonds is 9. The van der Waals surface area contributed by atoms with Gasteiger partial charge in [0.1, 0.15) is 5.75 Å². The average Bonchev–Trinajstić information content (AvgIpc) is 2.68. The third kappa shape index (κ3) is 5.57. The van der Waals surface area contributed by atoms with Gasteiger partial charge in [0, 0.05) is 20.1 Å². The topological polar surface area (TPSA) is 81.7 Å². The van der Waals surface area contributed by atoms with Gasteiger partial charge in [-0.15, -0.1) is 0 Å². The average molecular weight is 377 g/mol. The lowest BCUT2D eigenvalue weighted by atomic mass is 10.1. The van der Waals surface area contributed by atoms with Crippen LogP contribution in [0.3, 0.4) is 0 Å². The molecule has 0 heterocycles. The van der Waals surface area contributed by atoms with Crippen LogP contribution in [0, 0.1) is 0 Å². The van der Waals surface area contributed by atoms with Crippen molar-refractivity contribution in [3.63, 3.8) is 0 Å². The van der Waals surface area contributed by atoms with Crippen molar-refractivity contribution < 1.29 is 22.7 Å². The highest BCUT2D eigenvalue weighted by atomic mass is 32.2. The molecule has 140 valence electrons. The lowest BCUT2D eigenvalue weighted by molar-refractivity contribution is -0.121. The van der Waals surface area contributed by atoms with Gasteiger partial charge in [0.05, 0.1) is 23.9 Å². The molecule has 1 unspecified atom stereocenters. The zero-order chi connectivity index (χ0) is 19.0. The molecule has 1 N–H and O–H groups in total. The fraction of sp³-hybridized carbons (Fsp3) is 0.316. The summed E-state index contributed by atoms with van der Waals surface area (Å²) >= 11 is 0. The molecule has 1 atom stereocenters. The van der Waals surface area contributed by atoms with Gasteiger partial charge >= 0.3 is 0 Å². The van der Waals surface area contributed by atoms with Crippen LogP contribution in [0.15, 0.2) is 59.5 Å². The summed E-state index contributed by atoms with van der Waals surface area (Å²) in [6.07, 6.45) is -0.453. The van der Waals surface area contributed by atoms with Gasteiger partial charge in [0.2, 0.25) is 5.91 Å². The molecule has 1 amide bonds. The molecule has 2 aromatic carbocycles. The van der Waals surface area contributed by atoms with Crippen molar-refractivity contribution in [3.05, 3.63) is 60.2 Å². The fourth-order valence-electron chi connectivity index (χ4n) is 2.45. The van der Waals surface area contributed by atoms with Gasteiger partial charge in [-0.3, -0.25) is 4.79 Å². The van der Waals surface area contributed by atoms with E-state index in [1.807, 2.05) is 24.3 Å². The largest absolute Gasteiger partial charge is 0.497 e. The van der Waals surface area contributed by atoms with Crippen molar-refractivity contribution in [3.8, 4) is 5.75 Å². The van der Waals surface area contributed by atoms with Crippen LogP contribution in [0.25, 0.3) is 0 Å². The highest BCUT2D eigenvalue weighted by Gasteiger charge is 2.17. The summed E-state index contributed by atoms with van der Waals surface area (Å²) in [6.45, 7) is 0.244. The Kier molecular flexibility index (Phi) is 7.17. The first-order valence-corrected chi connectivity index (χ1v) is 9.82. The fourth-order valence-corrected chi connectivity index (χ4v) is 3.71. The first-order valence-electron chi connectivity index (χ1n) is 8.17. The van der Waals surface area contributed by atoms with E-state index in [2.05, 4.69) is 5.32 Å². The third-order valence-electron chi connectivity index (χ3n) is 3.93. The Balaban J connectivity index is 1.89. The molecule has 0 saturated carbocycles. The molecule has 26 heavy (non-hydrogen) atoms. The maximum Gasteiger partial charge on any atom is 0.221 e. The predicted molar refractivity (Wildman–Crippen MR) is 98.9 cm³/mol. The Morgan fingerprint density at radius 1 is 1.08 bits per heavy atom. The van der Waals surface area contributed by atoms with Crippen LogP contribution in [0.2, 0.25) is 0 Å². The summed E-state index contributed by atoms with van der Waals surface area (Å²) < 4.78 is 35.0. The smallest absolute Gasteiger partial charge is 0.221 e. The van der Waals surface area contributed by atoms with E-state index in [0.717, 1.165) is 5.56 Å². The van der Waals surface area contributed by atoms with Crippen LogP contribution in [0.5, 0.6) is 5.75 Å². The number of nitrogens with one attached hydrogen (secondary N) is 1. The van der Waals surface area contributed by atoms with Crippen LogP contribution in [-0.4, -0.2) is 40.8 Å². The van der Waals surface area contributed by atoms with E-state index >= 15 is 0 Å². The second-order valence-corrected chi connectivity index (χ2v) is 7.80. The van der Waals surface area contributed by atoms with Crippen molar-refractivity contribution >= 4 is 15.7 Å². The van der Waals surface area contributed by atoms with Gasteiger partial charge < -0.3 is 14.8 Å². The number of methoxy groups -OCH3 is 2. The molecule has 0 saturated heterocycles. The van der Waals surface area contributed by atoms with Crippen LogP contribution in [-0.2, 0) is 19.4 Å². The van der Waals surface area contributed by atoms with Crippen LogP contribution in [0.4, 0.5) is 0 Å². The highest BCUT2D eigenvalue weighted by Crippen LogP contribution is 2.21. The van der Waals surface area contributed by atoms with E-state index in [-0.39, 0.29) is 35.6 Å². The van der Waals surface area contributed by atoms with Crippen molar-refractivity contribution in [2.45, 2.75) is 17.4 Å². The normalized spacial score (nSPS) is 12.4. The zero-order valence-corrected chi connectivity index (χ0v) is 15.7. The summed E-state index contributed by atoms with van der Waals surface area (Å²) in [5.41, 5.74) is 0.865. The van der Waals surface area contributed by atoms with Gasteiger partial charge in [0.15, 0.2) is 9.84 Å². The number of carbonyl (C=O) groups excluding carboxylic acids is 1. The SMILES string of the molecule is COc1cccc(C(CNC(=O)CCS(=O)(=O)c2ccccc2)OC)c1. The molecule has 0 bridgehead atoms. The number of ether oxygens (including phenoxy) is 2. The quantitative estimate of drug-likeness (QED) is 0.725. The van der Waals surface area contributed by atoms with Crippen LogP contribution < -0.4 is 10.1 Å². The zero-order valence-electron chi connectivity index (χ0n) is 14.8. The van der Waals surface area contributed by atoms with Crippen molar-refractivity contribution in [2.24, 2.45) is 0 Å². The molecule has 0 aliphatic heterocycles. The first kappa shape index (κ1) is 19.9. The molecule has 7 heteroatoms. The second kappa shape index (κ2) is 9.35. The van der Waals surface area contributed by atoms with E-state index in [1.165, 1.54) is 12.1 Å². The molecule has 0 fully saturated rings. The summed E-state index contributed by atoms with van der Waals surface area (Å²) in [4.78, 5) is 12.3. The molecule has 0 aliphatic rings. The standard InChI is InChI=1S/C19H23NO5S/c1-24-16-8-6-7-15(13-16)18(25-2)14-20-19(21)11-12-26(22,23)17-9-4-3-5-10-17/h3-10,13,18H,11-12,14H2,1-2H3,(H,20,21). The second-order valence-electron chi connectivity index (χ2n) is 5.69. The van der Waals surface area contributed by atoms with Crippen LogP contribution >= 0.6 is 0 Å². The molecular formula is C19H23NO5S. The maximum atomic E-state index is 12.2. The Morgan fingerprint density at radius 2 is 1.81 bits per heavy atom. The maximum absolute atomic E-state index is 12.2. The molecule has 6 nitrogen and oxygen atoms in total. The highest BCUT2D eigenvalue weighted by molar-refractivity contribution is 7.91. The molecule has 2 aromatic rings. The molecule has 0 aromatic heterocycles. The van der Waals surface area contributed by atoms with E-state index in [9.17, 15) is 13.2 Å². The van der Waals surface area contributed by atoms with Crippen molar-refractivity contribution in [1.82, 2.24) is 5.32 Å². The molecule has 0 radical (unpaired) electrons. The summed E-state index contributed by atoms with van der Waals surface area (Å²) in [5, 5.41) is 2.72. The minimum atomic E-state index is -3.47. The molecular weight excluding hydrogens is 354 g/mol. The van der Waals surface area contributed by atoms with Crippen molar-refractivity contribution in [1.29, 1.82) is 0 Å². The monoisotopic (exact) mass is 377 g/mol. The predicted octanol–water partition coefficient (Wildman–Crippen LogP) is 2.36. The van der Waals surface area contributed by atoms with E-state index in [4.69, 9.17) is 9.47 Å². The number of benzene rings is 2. The molecule has 0 aliphatic carbocycles. The minimum absolute atomic E-state index is 0.105. The summed E-state index contributed by atoms with van der Waals surface area (Å²) in [6, 6.07) is 15.5. The lowest BCUT2D eigenvalue weighted by Crippen LogP contribution is -2.30. The van der Waals surface area contributed by atoms with E-state index in [1.54, 1.807) is 32.4 Å². The number of amides is 1. The van der Waals surface area contributed by atoms with Gasteiger partial charge in [-0.25, -0.2) is 8.42 Å². The Morgan fingerprint density at radius 3 is 2.46 bits per heavy atom. The van der Waals surface area contributed by atoms with E-state index in [0.29, 0.717) is 5.75 Å². The third-order valence-corrected chi connectivity index (χ3v) is 5.67. The van der Waals surface area contributed by atoms with Crippen molar-refractivity contribution in [2.75, 3.05) is 26.5 Å². The number of carbonyl (C=O) groups is 1. The van der Waals surface area contributed by atoms with Gasteiger partial charge in [-0.05, 0) is 29.8 Å². The number of sulfone groups is 1. The Labute approximate surface area is 154 Å². The number of hydrogen-bond donors (Lipinski definition) is 1. The Bertz CT molecular complexity index is 821. The van der Waals surface area contributed by atoms with Crippen LogP contribution in [0.1, 0.15) is 18.1 Å². The first-order chi connectivity index (χ1) is 12.5.